The third-order valence-electron chi connectivity index (χ3n) is 5.31. The maximum absolute atomic E-state index is 3.63. The number of nitrogens with one attached hydrogen (secondary N) is 1. The monoisotopic (exact) mass is 279 g/mol. The maximum atomic E-state index is 3.63. The molecule has 1 heteroatoms. The lowest BCUT2D eigenvalue weighted by Gasteiger charge is -2.33. The zero-order chi connectivity index (χ0) is 15.3. The van der Waals surface area contributed by atoms with Crippen molar-refractivity contribution in [1.82, 2.24) is 5.32 Å². The van der Waals surface area contributed by atoms with Crippen molar-refractivity contribution < 1.29 is 0 Å². The molecule has 0 spiro atoms. The van der Waals surface area contributed by atoms with Gasteiger partial charge in [0.1, 0.15) is 0 Å². The van der Waals surface area contributed by atoms with E-state index in [1.807, 2.05) is 0 Å². The molecular weight excluding hydrogens is 242 g/mol. The zero-order valence-corrected chi connectivity index (χ0v) is 14.9. The predicted molar refractivity (Wildman–Crippen MR) is 91.0 cm³/mol. The molecule has 1 N–H and O–H groups in total. The average molecular weight is 280 g/mol. The van der Waals surface area contributed by atoms with E-state index in [2.05, 4.69) is 59.9 Å². The molecule has 0 amide bonds. The summed E-state index contributed by atoms with van der Waals surface area (Å²) in [5, 5.41) is 3.63. The molecule has 4 atom stereocenters. The van der Waals surface area contributed by atoms with Crippen LogP contribution in [0.3, 0.4) is 0 Å². The fourth-order valence-electron chi connectivity index (χ4n) is 3.65. The molecule has 0 bridgehead atoms. The Bertz CT molecular complexity index is 302. The molecule has 0 aromatic heterocycles. The van der Waals surface area contributed by atoms with Crippen LogP contribution in [0.15, 0.2) is 11.6 Å². The Hall–Kier alpha value is -0.300. The Morgan fingerprint density at radius 2 is 1.90 bits per heavy atom. The Labute approximate surface area is 127 Å². The van der Waals surface area contributed by atoms with Gasteiger partial charge in [-0.1, -0.05) is 59.6 Å². The van der Waals surface area contributed by atoms with Gasteiger partial charge in [0.25, 0.3) is 0 Å². The van der Waals surface area contributed by atoms with Gasteiger partial charge in [-0.15, -0.1) is 0 Å². The zero-order valence-electron chi connectivity index (χ0n) is 14.9. The Morgan fingerprint density at radius 3 is 2.50 bits per heavy atom. The third kappa shape index (κ3) is 5.60. The van der Waals surface area contributed by atoms with Crippen molar-refractivity contribution in [2.24, 2.45) is 23.2 Å². The molecule has 118 valence electrons. The lowest BCUT2D eigenvalue weighted by atomic mass is 9.72. The van der Waals surface area contributed by atoms with E-state index in [0.717, 1.165) is 11.8 Å². The Morgan fingerprint density at radius 1 is 1.25 bits per heavy atom. The molecule has 1 fully saturated rings. The maximum Gasteiger partial charge on any atom is 0.00760 e. The second-order valence-corrected chi connectivity index (χ2v) is 8.13. The van der Waals surface area contributed by atoms with Crippen molar-refractivity contribution in [3.8, 4) is 0 Å². The van der Waals surface area contributed by atoms with Crippen LogP contribution in [0.4, 0.5) is 0 Å². The minimum atomic E-state index is 0.450. The van der Waals surface area contributed by atoms with Crippen LogP contribution in [0.2, 0.25) is 0 Å². The van der Waals surface area contributed by atoms with Gasteiger partial charge in [0, 0.05) is 6.04 Å². The SMILES string of the molecule is CCC(C)C(C)(C)CC(C)/C=C1/CC(C)CNC(C)C1. The Balaban J connectivity index is 2.66. The van der Waals surface area contributed by atoms with Crippen LogP contribution in [0.1, 0.15) is 74.1 Å². The van der Waals surface area contributed by atoms with E-state index in [1.165, 1.54) is 32.2 Å². The summed E-state index contributed by atoms with van der Waals surface area (Å²) in [5.74, 6) is 2.28. The lowest BCUT2D eigenvalue weighted by molar-refractivity contribution is 0.187. The third-order valence-corrected chi connectivity index (χ3v) is 5.31. The molecule has 4 unspecified atom stereocenters. The largest absolute Gasteiger partial charge is 0.314 e. The van der Waals surface area contributed by atoms with Crippen LogP contribution >= 0.6 is 0 Å². The van der Waals surface area contributed by atoms with Crippen molar-refractivity contribution in [2.75, 3.05) is 6.54 Å². The summed E-state index contributed by atoms with van der Waals surface area (Å²) in [7, 11) is 0. The van der Waals surface area contributed by atoms with Crippen LogP contribution in [0, 0.1) is 23.2 Å². The molecular formula is C19H37N. The molecule has 0 saturated carbocycles. The first-order chi connectivity index (χ1) is 9.24. The number of hydrogen-bond acceptors (Lipinski definition) is 1. The second-order valence-electron chi connectivity index (χ2n) is 8.13. The Kier molecular flexibility index (Phi) is 6.78. The van der Waals surface area contributed by atoms with Gasteiger partial charge in [0.05, 0.1) is 0 Å². The van der Waals surface area contributed by atoms with E-state index in [1.54, 1.807) is 5.57 Å². The first-order valence-electron chi connectivity index (χ1n) is 8.67. The summed E-state index contributed by atoms with van der Waals surface area (Å²) in [6.45, 7) is 17.9. The quantitative estimate of drug-likeness (QED) is 0.663. The summed E-state index contributed by atoms with van der Waals surface area (Å²) in [5.41, 5.74) is 2.13. The van der Waals surface area contributed by atoms with Crippen LogP contribution in [0.25, 0.3) is 0 Å². The van der Waals surface area contributed by atoms with E-state index in [0.29, 0.717) is 17.4 Å². The molecule has 1 heterocycles. The van der Waals surface area contributed by atoms with E-state index in [4.69, 9.17) is 0 Å². The highest BCUT2D eigenvalue weighted by Crippen LogP contribution is 2.36. The fraction of sp³-hybridized carbons (Fsp3) is 0.895. The van der Waals surface area contributed by atoms with Gasteiger partial charge >= 0.3 is 0 Å². The summed E-state index contributed by atoms with van der Waals surface area (Å²) in [6, 6.07) is 0.640. The number of rotatable bonds is 5. The fourth-order valence-corrected chi connectivity index (χ4v) is 3.65. The van der Waals surface area contributed by atoms with Gasteiger partial charge in [-0.05, 0) is 55.9 Å². The van der Waals surface area contributed by atoms with Crippen LogP contribution in [-0.2, 0) is 0 Å². The molecule has 0 radical (unpaired) electrons. The molecule has 1 aliphatic rings. The molecule has 1 rings (SSSR count). The molecule has 1 saturated heterocycles. The van der Waals surface area contributed by atoms with E-state index in [9.17, 15) is 0 Å². The minimum Gasteiger partial charge on any atom is -0.314 e. The number of hydrogen-bond donors (Lipinski definition) is 1. The van der Waals surface area contributed by atoms with Gasteiger partial charge in [-0.3, -0.25) is 0 Å². The van der Waals surface area contributed by atoms with Crippen LogP contribution in [-0.4, -0.2) is 12.6 Å². The predicted octanol–water partition coefficient (Wildman–Crippen LogP) is 5.42. The standard InChI is InChI=1S/C19H37N/c1-8-16(4)19(6,7)12-14(2)9-18-10-15(3)13-20-17(5)11-18/h9,14-17,20H,8,10-13H2,1-7H3/b18-9-. The van der Waals surface area contributed by atoms with Gasteiger partial charge in [0.2, 0.25) is 0 Å². The summed E-state index contributed by atoms with van der Waals surface area (Å²) < 4.78 is 0. The lowest BCUT2D eigenvalue weighted by Crippen LogP contribution is -2.27. The molecule has 0 aliphatic carbocycles. The van der Waals surface area contributed by atoms with Crippen molar-refractivity contribution in [3.63, 3.8) is 0 Å². The van der Waals surface area contributed by atoms with Crippen molar-refractivity contribution >= 4 is 0 Å². The molecule has 0 aromatic carbocycles. The van der Waals surface area contributed by atoms with Gasteiger partial charge < -0.3 is 5.32 Å². The summed E-state index contributed by atoms with van der Waals surface area (Å²) in [4.78, 5) is 0. The molecule has 0 aromatic rings. The smallest absolute Gasteiger partial charge is 0.00760 e. The minimum absolute atomic E-state index is 0.450. The topological polar surface area (TPSA) is 12.0 Å². The van der Waals surface area contributed by atoms with E-state index in [-0.39, 0.29) is 0 Å². The number of allylic oxidation sites excluding steroid dienone is 1. The second kappa shape index (κ2) is 7.64. The van der Waals surface area contributed by atoms with Crippen LogP contribution in [0.5, 0.6) is 0 Å². The first kappa shape index (κ1) is 17.8. The molecule has 1 aliphatic heterocycles. The highest BCUT2D eigenvalue weighted by Gasteiger charge is 2.26. The van der Waals surface area contributed by atoms with Crippen molar-refractivity contribution in [3.05, 3.63) is 11.6 Å². The first-order valence-corrected chi connectivity index (χ1v) is 8.67. The van der Waals surface area contributed by atoms with E-state index < -0.39 is 0 Å². The summed E-state index contributed by atoms with van der Waals surface area (Å²) >= 11 is 0. The normalized spacial score (nSPS) is 30.1. The average Bonchev–Trinajstić information content (AvgIpc) is 2.48. The van der Waals surface area contributed by atoms with E-state index >= 15 is 0 Å². The van der Waals surface area contributed by atoms with Gasteiger partial charge in [0.15, 0.2) is 0 Å². The van der Waals surface area contributed by atoms with Crippen molar-refractivity contribution in [2.45, 2.75) is 80.2 Å². The molecule has 20 heavy (non-hydrogen) atoms. The summed E-state index contributed by atoms with van der Waals surface area (Å²) in [6.07, 6.45) is 7.70. The highest BCUT2D eigenvalue weighted by molar-refractivity contribution is 5.09. The molecule has 1 nitrogen and oxygen atoms in total. The van der Waals surface area contributed by atoms with Crippen molar-refractivity contribution in [1.29, 1.82) is 0 Å². The van der Waals surface area contributed by atoms with Crippen LogP contribution < -0.4 is 5.32 Å². The van der Waals surface area contributed by atoms with Gasteiger partial charge in [-0.25, -0.2) is 0 Å². The van der Waals surface area contributed by atoms with Gasteiger partial charge in [-0.2, -0.15) is 0 Å². The highest BCUT2D eigenvalue weighted by atomic mass is 14.9.